The number of carbonyl (C=O) groups excluding carboxylic acids is 2. The van der Waals surface area contributed by atoms with E-state index in [0.717, 1.165) is 25.7 Å². The van der Waals surface area contributed by atoms with Gasteiger partial charge >= 0.3 is 0 Å². The van der Waals surface area contributed by atoms with E-state index in [-0.39, 0.29) is 24.4 Å². The van der Waals surface area contributed by atoms with E-state index in [1.807, 2.05) is 4.90 Å². The Morgan fingerprint density at radius 1 is 0.944 bits per heavy atom. The molecule has 3 rings (SSSR count). The molecule has 18 heavy (non-hydrogen) atoms. The highest BCUT2D eigenvalue weighted by Gasteiger charge is 2.44. The minimum atomic E-state index is -0.213. The van der Waals surface area contributed by atoms with Crippen LogP contribution in [0.5, 0.6) is 0 Å². The Kier molecular flexibility index (Phi) is 3.27. The summed E-state index contributed by atoms with van der Waals surface area (Å²) in [4.78, 5) is 26.1. The van der Waals surface area contributed by atoms with Crippen LogP contribution < -0.4 is 5.32 Å². The summed E-state index contributed by atoms with van der Waals surface area (Å²) in [5.74, 6) is 0.634. The van der Waals surface area contributed by atoms with Gasteiger partial charge in [0.1, 0.15) is 6.04 Å². The normalized spacial score (nSPS) is 31.1. The molecule has 0 radical (unpaired) electrons. The van der Waals surface area contributed by atoms with Crippen molar-refractivity contribution in [2.75, 3.05) is 6.54 Å². The summed E-state index contributed by atoms with van der Waals surface area (Å²) in [7, 11) is 0. The molecule has 0 spiro atoms. The lowest BCUT2D eigenvalue weighted by Gasteiger charge is -2.38. The lowest BCUT2D eigenvalue weighted by molar-refractivity contribution is -0.147. The van der Waals surface area contributed by atoms with Crippen molar-refractivity contribution in [2.24, 2.45) is 5.92 Å². The van der Waals surface area contributed by atoms with E-state index in [1.165, 1.54) is 25.7 Å². The van der Waals surface area contributed by atoms with Crippen LogP contribution in [0.3, 0.4) is 0 Å². The maximum absolute atomic E-state index is 12.5. The van der Waals surface area contributed by atoms with Gasteiger partial charge < -0.3 is 10.2 Å². The van der Waals surface area contributed by atoms with Gasteiger partial charge in [-0.3, -0.25) is 9.59 Å². The van der Waals surface area contributed by atoms with E-state index in [2.05, 4.69) is 5.32 Å². The maximum Gasteiger partial charge on any atom is 0.246 e. The molecule has 0 aromatic carbocycles. The Labute approximate surface area is 108 Å². The molecule has 2 amide bonds. The van der Waals surface area contributed by atoms with Gasteiger partial charge in [-0.25, -0.2) is 0 Å². The third-order valence-electron chi connectivity index (χ3n) is 4.54. The minimum Gasteiger partial charge on any atom is -0.342 e. The summed E-state index contributed by atoms with van der Waals surface area (Å²) in [5.41, 5.74) is 0. The molecule has 1 N–H and O–H groups in total. The topological polar surface area (TPSA) is 49.4 Å². The third kappa shape index (κ3) is 2.38. The lowest BCUT2D eigenvalue weighted by Crippen LogP contribution is -2.61. The van der Waals surface area contributed by atoms with Crippen LogP contribution in [0.15, 0.2) is 0 Å². The minimum absolute atomic E-state index is 0.0377. The second kappa shape index (κ2) is 4.90. The van der Waals surface area contributed by atoms with Gasteiger partial charge in [-0.05, 0) is 31.6 Å². The maximum atomic E-state index is 12.5. The average molecular weight is 250 g/mol. The smallest absolute Gasteiger partial charge is 0.246 e. The number of hydrogen-bond acceptors (Lipinski definition) is 2. The van der Waals surface area contributed by atoms with Crippen molar-refractivity contribution in [1.29, 1.82) is 0 Å². The molecular formula is C14H22N2O2. The zero-order valence-electron chi connectivity index (χ0n) is 10.9. The highest BCUT2D eigenvalue weighted by Crippen LogP contribution is 2.35. The van der Waals surface area contributed by atoms with Crippen molar-refractivity contribution in [3.63, 3.8) is 0 Å². The van der Waals surface area contributed by atoms with Crippen molar-refractivity contribution in [2.45, 2.75) is 63.5 Å². The molecule has 0 bridgehead atoms. The number of amides is 2. The van der Waals surface area contributed by atoms with E-state index in [9.17, 15) is 9.59 Å². The predicted octanol–water partition coefficient (Wildman–Crippen LogP) is 1.45. The number of piperazine rings is 1. The molecule has 1 heterocycles. The van der Waals surface area contributed by atoms with Crippen LogP contribution in [0, 0.1) is 5.92 Å². The summed E-state index contributed by atoms with van der Waals surface area (Å²) in [6, 6.07) is 0.0989. The monoisotopic (exact) mass is 250 g/mol. The Hall–Kier alpha value is -1.06. The van der Waals surface area contributed by atoms with E-state index in [1.54, 1.807) is 0 Å². The molecular weight excluding hydrogens is 228 g/mol. The van der Waals surface area contributed by atoms with E-state index in [4.69, 9.17) is 0 Å². The second-order valence-corrected chi connectivity index (χ2v) is 5.99. The van der Waals surface area contributed by atoms with Crippen LogP contribution in [0.4, 0.5) is 0 Å². The molecule has 4 nitrogen and oxygen atoms in total. The molecule has 0 aromatic heterocycles. The van der Waals surface area contributed by atoms with Crippen LogP contribution in [-0.4, -0.2) is 35.3 Å². The van der Waals surface area contributed by atoms with Gasteiger partial charge in [-0.2, -0.15) is 0 Å². The summed E-state index contributed by atoms with van der Waals surface area (Å²) in [5, 5.41) is 2.88. The highest BCUT2D eigenvalue weighted by atomic mass is 16.2. The van der Waals surface area contributed by atoms with Gasteiger partial charge in [-0.1, -0.05) is 25.7 Å². The Morgan fingerprint density at radius 3 is 2.22 bits per heavy atom. The third-order valence-corrected chi connectivity index (χ3v) is 4.54. The van der Waals surface area contributed by atoms with Crippen LogP contribution >= 0.6 is 0 Å². The first-order chi connectivity index (χ1) is 8.75. The van der Waals surface area contributed by atoms with E-state index < -0.39 is 0 Å². The largest absolute Gasteiger partial charge is 0.342 e. The lowest BCUT2D eigenvalue weighted by atomic mass is 10.0. The second-order valence-electron chi connectivity index (χ2n) is 5.99. The van der Waals surface area contributed by atoms with Crippen LogP contribution in [0.1, 0.15) is 51.4 Å². The highest BCUT2D eigenvalue weighted by molar-refractivity contribution is 5.95. The number of nitrogens with zero attached hydrogens (tertiary/aromatic N) is 1. The Bertz CT molecular complexity index is 344. The molecule has 2 saturated carbocycles. The fourth-order valence-electron chi connectivity index (χ4n) is 3.32. The van der Waals surface area contributed by atoms with Gasteiger partial charge in [0.05, 0.1) is 6.54 Å². The SMILES string of the molecule is O=C1CN(C2CCCCCC2)C(=O)C(C2CC2)N1. The van der Waals surface area contributed by atoms with Gasteiger partial charge in [0.2, 0.25) is 11.8 Å². The van der Waals surface area contributed by atoms with Crippen LogP contribution in [-0.2, 0) is 9.59 Å². The number of nitrogens with one attached hydrogen (secondary N) is 1. The van der Waals surface area contributed by atoms with Crippen molar-refractivity contribution in [3.8, 4) is 0 Å². The molecule has 2 aliphatic carbocycles. The predicted molar refractivity (Wildman–Crippen MR) is 67.9 cm³/mol. The fraction of sp³-hybridized carbons (Fsp3) is 0.857. The van der Waals surface area contributed by atoms with Gasteiger partial charge in [0, 0.05) is 6.04 Å². The standard InChI is InChI=1S/C14H22N2O2/c17-12-9-16(11-5-3-1-2-4-6-11)14(18)13(15-12)10-7-8-10/h10-11,13H,1-9H2,(H,15,17). The van der Waals surface area contributed by atoms with Crippen molar-refractivity contribution >= 4 is 11.8 Å². The molecule has 1 aliphatic heterocycles. The molecule has 1 atom stereocenters. The summed E-state index contributed by atoms with van der Waals surface area (Å²) < 4.78 is 0. The zero-order chi connectivity index (χ0) is 12.5. The van der Waals surface area contributed by atoms with Crippen LogP contribution in [0.25, 0.3) is 0 Å². The summed E-state index contributed by atoms with van der Waals surface area (Å²) in [6.45, 7) is 0.284. The molecule has 0 aromatic rings. The van der Waals surface area contributed by atoms with E-state index >= 15 is 0 Å². The first-order valence-corrected chi connectivity index (χ1v) is 7.35. The molecule has 4 heteroatoms. The molecule has 100 valence electrons. The van der Waals surface area contributed by atoms with Gasteiger partial charge in [-0.15, -0.1) is 0 Å². The average Bonchev–Trinajstić information content (AvgIpc) is 3.17. The fourth-order valence-corrected chi connectivity index (χ4v) is 3.32. The molecule has 3 fully saturated rings. The quantitative estimate of drug-likeness (QED) is 0.754. The Balaban J connectivity index is 1.72. The first-order valence-electron chi connectivity index (χ1n) is 7.35. The van der Waals surface area contributed by atoms with Crippen molar-refractivity contribution in [3.05, 3.63) is 0 Å². The van der Waals surface area contributed by atoms with Crippen molar-refractivity contribution < 1.29 is 9.59 Å². The zero-order valence-corrected chi connectivity index (χ0v) is 10.9. The summed E-state index contributed by atoms with van der Waals surface area (Å²) >= 11 is 0. The molecule has 1 unspecified atom stereocenters. The van der Waals surface area contributed by atoms with Crippen LogP contribution in [0.2, 0.25) is 0 Å². The van der Waals surface area contributed by atoms with Gasteiger partial charge in [0.25, 0.3) is 0 Å². The Morgan fingerprint density at radius 2 is 1.61 bits per heavy atom. The number of rotatable bonds is 2. The van der Waals surface area contributed by atoms with Crippen molar-refractivity contribution in [1.82, 2.24) is 10.2 Å². The molecule has 3 aliphatic rings. The molecule has 1 saturated heterocycles. The number of hydrogen-bond donors (Lipinski definition) is 1. The van der Waals surface area contributed by atoms with E-state index in [0.29, 0.717) is 12.0 Å². The first kappa shape index (κ1) is 12.0. The summed E-state index contributed by atoms with van der Waals surface area (Å²) in [6.07, 6.45) is 9.29. The number of carbonyl (C=O) groups is 2. The van der Waals surface area contributed by atoms with Gasteiger partial charge in [0.15, 0.2) is 0 Å².